The minimum Gasteiger partial charge on any atom is -0.472 e. The first-order valence-electron chi connectivity index (χ1n) is 5.56. The molecule has 0 aliphatic rings. The van der Waals surface area contributed by atoms with Crippen LogP contribution in [0.15, 0.2) is 47.3 Å². The number of hydrogen-bond donors (Lipinski definition) is 1. The van der Waals surface area contributed by atoms with E-state index in [0.29, 0.717) is 0 Å². The Bertz CT molecular complexity index is 485. The van der Waals surface area contributed by atoms with Crippen molar-refractivity contribution in [3.05, 3.63) is 48.4 Å². The smallest absolute Gasteiger partial charge is 0.217 e. The van der Waals surface area contributed by atoms with Crippen molar-refractivity contribution in [3.8, 4) is 11.1 Å². The summed E-state index contributed by atoms with van der Waals surface area (Å²) < 4.78 is 5.04. The number of carbonyl (C=O) groups is 1. The molecule has 0 bridgehead atoms. The average molecular weight is 229 g/mol. The van der Waals surface area contributed by atoms with Crippen LogP contribution < -0.4 is 5.32 Å². The molecule has 1 N–H and O–H groups in total. The van der Waals surface area contributed by atoms with Gasteiger partial charge in [-0.05, 0) is 24.1 Å². The summed E-state index contributed by atoms with van der Waals surface area (Å²) in [6.45, 7) is 3.49. The van der Waals surface area contributed by atoms with Crippen LogP contribution in [0.2, 0.25) is 0 Å². The Kier molecular flexibility index (Phi) is 3.28. The van der Waals surface area contributed by atoms with Gasteiger partial charge in [0.15, 0.2) is 0 Å². The molecule has 0 saturated carbocycles. The molecule has 0 radical (unpaired) electrons. The second-order valence-electron chi connectivity index (χ2n) is 4.06. The van der Waals surface area contributed by atoms with Crippen LogP contribution in [0.25, 0.3) is 11.1 Å². The SMILES string of the molecule is CC(=O)NC(C)c1ccc(-c2ccoc2)cc1. The van der Waals surface area contributed by atoms with Crippen LogP contribution in [0.5, 0.6) is 0 Å². The fourth-order valence-corrected chi connectivity index (χ4v) is 1.78. The van der Waals surface area contributed by atoms with Crippen LogP contribution in [0, 0.1) is 0 Å². The molecule has 2 rings (SSSR count). The molecule has 0 aliphatic carbocycles. The van der Waals surface area contributed by atoms with Crippen molar-refractivity contribution in [3.63, 3.8) is 0 Å². The van der Waals surface area contributed by atoms with Crippen molar-refractivity contribution in [1.82, 2.24) is 5.32 Å². The molecule has 1 unspecified atom stereocenters. The van der Waals surface area contributed by atoms with Crippen LogP contribution >= 0.6 is 0 Å². The standard InChI is InChI=1S/C14H15NO2/c1-10(15-11(2)16)12-3-5-13(6-4-12)14-7-8-17-9-14/h3-10H,1-2H3,(H,15,16). The van der Waals surface area contributed by atoms with E-state index in [1.807, 2.05) is 37.3 Å². The molecular formula is C14H15NO2. The summed E-state index contributed by atoms with van der Waals surface area (Å²) in [7, 11) is 0. The molecule has 3 nitrogen and oxygen atoms in total. The van der Waals surface area contributed by atoms with E-state index in [-0.39, 0.29) is 11.9 Å². The summed E-state index contributed by atoms with van der Waals surface area (Å²) in [5.74, 6) is -0.0172. The number of furan rings is 1. The maximum Gasteiger partial charge on any atom is 0.217 e. The van der Waals surface area contributed by atoms with Crippen molar-refractivity contribution in [2.24, 2.45) is 0 Å². The summed E-state index contributed by atoms with van der Waals surface area (Å²) >= 11 is 0. The van der Waals surface area contributed by atoms with E-state index in [1.165, 1.54) is 6.92 Å². The number of rotatable bonds is 3. The third-order valence-electron chi connectivity index (χ3n) is 2.68. The molecule has 88 valence electrons. The molecular weight excluding hydrogens is 214 g/mol. The van der Waals surface area contributed by atoms with E-state index >= 15 is 0 Å². The highest BCUT2D eigenvalue weighted by Gasteiger charge is 2.06. The monoisotopic (exact) mass is 229 g/mol. The molecule has 1 atom stereocenters. The van der Waals surface area contributed by atoms with Gasteiger partial charge in [0, 0.05) is 12.5 Å². The zero-order chi connectivity index (χ0) is 12.3. The lowest BCUT2D eigenvalue weighted by molar-refractivity contribution is -0.119. The maximum atomic E-state index is 11.0. The second kappa shape index (κ2) is 4.87. The van der Waals surface area contributed by atoms with Gasteiger partial charge in [-0.1, -0.05) is 24.3 Å². The number of amides is 1. The molecule has 1 aromatic heterocycles. The van der Waals surface area contributed by atoms with Crippen molar-refractivity contribution < 1.29 is 9.21 Å². The molecule has 0 saturated heterocycles. The van der Waals surface area contributed by atoms with E-state index in [4.69, 9.17) is 4.42 Å². The Hall–Kier alpha value is -2.03. The van der Waals surface area contributed by atoms with Crippen LogP contribution in [0.4, 0.5) is 0 Å². The van der Waals surface area contributed by atoms with Crippen molar-refractivity contribution >= 4 is 5.91 Å². The molecule has 0 aliphatic heterocycles. The van der Waals surface area contributed by atoms with Crippen LogP contribution in [-0.2, 0) is 4.79 Å². The van der Waals surface area contributed by atoms with Crippen LogP contribution in [0.3, 0.4) is 0 Å². The van der Waals surface area contributed by atoms with E-state index in [2.05, 4.69) is 5.32 Å². The van der Waals surface area contributed by atoms with E-state index < -0.39 is 0 Å². The van der Waals surface area contributed by atoms with E-state index in [0.717, 1.165) is 16.7 Å². The largest absolute Gasteiger partial charge is 0.472 e. The summed E-state index contributed by atoms with van der Waals surface area (Å²) in [6, 6.07) is 10.0. The fourth-order valence-electron chi connectivity index (χ4n) is 1.78. The number of nitrogens with one attached hydrogen (secondary N) is 1. The Labute approximate surface area is 100 Å². The predicted molar refractivity (Wildman–Crippen MR) is 66.4 cm³/mol. The van der Waals surface area contributed by atoms with Gasteiger partial charge >= 0.3 is 0 Å². The van der Waals surface area contributed by atoms with Gasteiger partial charge in [-0.3, -0.25) is 4.79 Å². The van der Waals surface area contributed by atoms with E-state index in [1.54, 1.807) is 12.5 Å². The lowest BCUT2D eigenvalue weighted by Gasteiger charge is -2.13. The molecule has 2 aromatic rings. The Balaban J connectivity index is 2.15. The zero-order valence-electron chi connectivity index (χ0n) is 9.94. The molecule has 1 aromatic carbocycles. The summed E-state index contributed by atoms with van der Waals surface area (Å²) in [4.78, 5) is 11.0. The number of carbonyl (C=O) groups excluding carboxylic acids is 1. The highest BCUT2D eigenvalue weighted by molar-refractivity contribution is 5.73. The molecule has 3 heteroatoms. The third-order valence-corrected chi connectivity index (χ3v) is 2.68. The third kappa shape index (κ3) is 2.75. The van der Waals surface area contributed by atoms with Crippen molar-refractivity contribution in [2.45, 2.75) is 19.9 Å². The lowest BCUT2D eigenvalue weighted by Crippen LogP contribution is -2.23. The van der Waals surface area contributed by atoms with E-state index in [9.17, 15) is 4.79 Å². The Morgan fingerprint density at radius 2 is 1.88 bits per heavy atom. The quantitative estimate of drug-likeness (QED) is 0.878. The van der Waals surface area contributed by atoms with Gasteiger partial charge in [0.25, 0.3) is 0 Å². The van der Waals surface area contributed by atoms with Crippen molar-refractivity contribution in [1.29, 1.82) is 0 Å². The topological polar surface area (TPSA) is 42.2 Å². The Morgan fingerprint density at radius 3 is 2.41 bits per heavy atom. The van der Waals surface area contributed by atoms with Gasteiger partial charge in [-0.25, -0.2) is 0 Å². The minimum absolute atomic E-state index is 0.0172. The number of hydrogen-bond acceptors (Lipinski definition) is 2. The molecule has 0 fully saturated rings. The highest BCUT2D eigenvalue weighted by Crippen LogP contribution is 2.22. The van der Waals surface area contributed by atoms with Crippen molar-refractivity contribution in [2.75, 3.05) is 0 Å². The molecule has 17 heavy (non-hydrogen) atoms. The van der Waals surface area contributed by atoms with Gasteiger partial charge in [0.1, 0.15) is 0 Å². The lowest BCUT2D eigenvalue weighted by atomic mass is 10.0. The normalized spacial score (nSPS) is 12.1. The summed E-state index contributed by atoms with van der Waals surface area (Å²) in [5.41, 5.74) is 3.26. The minimum atomic E-state index is -0.0172. The molecule has 1 heterocycles. The fraction of sp³-hybridized carbons (Fsp3) is 0.214. The first-order chi connectivity index (χ1) is 8.16. The van der Waals surface area contributed by atoms with Gasteiger partial charge < -0.3 is 9.73 Å². The van der Waals surface area contributed by atoms with Gasteiger partial charge in [0.05, 0.1) is 18.6 Å². The zero-order valence-corrected chi connectivity index (χ0v) is 9.94. The second-order valence-corrected chi connectivity index (χ2v) is 4.06. The van der Waals surface area contributed by atoms with Gasteiger partial charge in [-0.2, -0.15) is 0 Å². The summed E-state index contributed by atoms with van der Waals surface area (Å²) in [6.07, 6.45) is 3.37. The van der Waals surface area contributed by atoms with Gasteiger partial charge in [0.2, 0.25) is 5.91 Å². The first kappa shape index (κ1) is 11.5. The van der Waals surface area contributed by atoms with Crippen LogP contribution in [-0.4, -0.2) is 5.91 Å². The van der Waals surface area contributed by atoms with Crippen LogP contribution in [0.1, 0.15) is 25.5 Å². The van der Waals surface area contributed by atoms with Gasteiger partial charge in [-0.15, -0.1) is 0 Å². The maximum absolute atomic E-state index is 11.0. The average Bonchev–Trinajstić information content (AvgIpc) is 2.82. The molecule has 1 amide bonds. The Morgan fingerprint density at radius 1 is 1.18 bits per heavy atom. The highest BCUT2D eigenvalue weighted by atomic mass is 16.3. The number of benzene rings is 1. The first-order valence-corrected chi connectivity index (χ1v) is 5.56. The summed E-state index contributed by atoms with van der Waals surface area (Å²) in [5, 5.41) is 2.86. The molecule has 0 spiro atoms. The predicted octanol–water partition coefficient (Wildman–Crippen LogP) is 3.14.